The van der Waals surface area contributed by atoms with Crippen LogP contribution in [0.25, 0.3) is 0 Å². The smallest absolute Gasteiger partial charge is 0.329 e. The highest BCUT2D eigenvalue weighted by Gasteiger charge is 2.57. The topological polar surface area (TPSA) is 274 Å². The van der Waals surface area contributed by atoms with Gasteiger partial charge in [0.05, 0.1) is 54.7 Å². The molecule has 0 radical (unpaired) electrons. The van der Waals surface area contributed by atoms with Gasteiger partial charge in [-0.1, -0.05) is 88.8 Å². The SMILES string of the molecule is COc1ccc(S(=O)(=O)N(CC(C)C)C[C@@H](O)[C@H](Cc2ccccc2)NC(=O)/C=C/C[C@H]2/C=C(/C)C[C@@H](C)C[C@@H](OC)[C@@H]3O[C@@](O)(C(=O)C(=O)N4CCCCC4C(=O)O[C@H](/C(C)=C/[C@@H]4CC[C@@H](O)[C@H](OC)C4)[C@H](C)[C@@H](O)CC2=O)[C@H](C)C[C@@H]3OC)cc1. The van der Waals surface area contributed by atoms with E-state index in [4.69, 9.17) is 28.4 Å². The highest BCUT2D eigenvalue weighted by molar-refractivity contribution is 7.89. The average molecular weight is 1240 g/mol. The largest absolute Gasteiger partial charge is 0.497 e. The second kappa shape index (κ2) is 32.5. The minimum atomic E-state index is -4.12. The Hall–Kier alpha value is -5.20. The molecule has 3 aliphatic heterocycles. The molecule has 1 unspecified atom stereocenters. The Labute approximate surface area is 515 Å². The van der Waals surface area contributed by atoms with E-state index >= 15 is 0 Å². The van der Waals surface area contributed by atoms with Crippen LogP contribution in [0.4, 0.5) is 0 Å². The number of piperidine rings is 1. The van der Waals surface area contributed by atoms with Crippen molar-refractivity contribution in [2.24, 2.45) is 35.5 Å². The van der Waals surface area contributed by atoms with Gasteiger partial charge in [0, 0.05) is 65.1 Å². The zero-order valence-corrected chi connectivity index (χ0v) is 53.6. The van der Waals surface area contributed by atoms with Gasteiger partial charge in [0.2, 0.25) is 21.7 Å². The molecule has 5 N–H and O–H groups in total. The molecule has 2 aromatic carbocycles. The summed E-state index contributed by atoms with van der Waals surface area (Å²) in [6.45, 7) is 12.4. The Balaban J connectivity index is 1.34. The first kappa shape index (κ1) is 70.9. The van der Waals surface area contributed by atoms with Crippen molar-refractivity contribution in [2.45, 2.75) is 197 Å². The quantitative estimate of drug-likeness (QED) is 0.0437. The first-order chi connectivity index (χ1) is 41.2. The van der Waals surface area contributed by atoms with E-state index in [0.29, 0.717) is 56.3 Å². The van der Waals surface area contributed by atoms with Gasteiger partial charge in [0.25, 0.3) is 11.7 Å². The van der Waals surface area contributed by atoms with Crippen molar-refractivity contribution in [3.63, 3.8) is 0 Å². The molecule has 2 saturated heterocycles. The zero-order chi connectivity index (χ0) is 63.9. The number of carbonyl (C=O) groups excluding carboxylic acids is 5. The van der Waals surface area contributed by atoms with Crippen LogP contribution >= 0.6 is 0 Å². The van der Waals surface area contributed by atoms with Crippen molar-refractivity contribution < 1.29 is 81.2 Å². The van der Waals surface area contributed by atoms with Crippen LogP contribution in [0.15, 0.2) is 94.9 Å². The molecule has 4 aliphatic rings. The van der Waals surface area contributed by atoms with E-state index in [1.54, 1.807) is 45.1 Å². The average Bonchev–Trinajstić information content (AvgIpc) is 1.50. The molecule has 21 heteroatoms. The molecule has 2 amide bonds. The number of nitrogens with zero attached hydrogens (tertiary/aromatic N) is 2. The van der Waals surface area contributed by atoms with E-state index in [1.165, 1.54) is 51.0 Å². The number of amides is 2. The Morgan fingerprint density at radius 3 is 2.17 bits per heavy atom. The molecule has 484 valence electrons. The summed E-state index contributed by atoms with van der Waals surface area (Å²) in [7, 11) is 1.86. The highest BCUT2D eigenvalue weighted by atomic mass is 32.2. The van der Waals surface area contributed by atoms with Crippen molar-refractivity contribution in [1.82, 2.24) is 14.5 Å². The Bertz CT molecular complexity index is 2810. The second-order valence-electron chi connectivity index (χ2n) is 25.1. The van der Waals surface area contributed by atoms with E-state index in [9.17, 15) is 52.8 Å². The van der Waals surface area contributed by atoms with Crippen LogP contribution in [-0.2, 0) is 64.1 Å². The van der Waals surface area contributed by atoms with Gasteiger partial charge in [-0.2, -0.15) is 4.31 Å². The van der Waals surface area contributed by atoms with Gasteiger partial charge in [0.15, 0.2) is 0 Å². The molecule has 87 heavy (non-hydrogen) atoms. The number of aliphatic hydroxyl groups excluding tert-OH is 3. The third kappa shape index (κ3) is 18.7. The van der Waals surface area contributed by atoms with Gasteiger partial charge in [-0.15, -0.1) is 0 Å². The van der Waals surface area contributed by atoms with Crippen molar-refractivity contribution in [3.05, 3.63) is 95.6 Å². The Morgan fingerprint density at radius 1 is 0.862 bits per heavy atom. The number of methoxy groups -OCH3 is 4. The third-order valence-electron chi connectivity index (χ3n) is 17.9. The van der Waals surface area contributed by atoms with Gasteiger partial charge in [-0.25, -0.2) is 13.2 Å². The van der Waals surface area contributed by atoms with Crippen LogP contribution in [0.5, 0.6) is 5.75 Å². The number of cyclic esters (lactones) is 1. The van der Waals surface area contributed by atoms with Crippen LogP contribution in [0, 0.1) is 35.5 Å². The predicted molar refractivity (Wildman–Crippen MR) is 326 cm³/mol. The maximum atomic E-state index is 14.9. The fourth-order valence-corrected chi connectivity index (χ4v) is 14.5. The molecular formula is C66H97N3O17S. The number of aliphatic hydroxyl groups is 4. The third-order valence-corrected chi connectivity index (χ3v) is 19.7. The number of ether oxygens (including phenoxy) is 6. The molecule has 2 bridgehead atoms. The van der Waals surface area contributed by atoms with Gasteiger partial charge < -0.3 is 59.1 Å². The maximum absolute atomic E-state index is 14.9. The van der Waals surface area contributed by atoms with Gasteiger partial charge >= 0.3 is 5.97 Å². The summed E-state index contributed by atoms with van der Waals surface area (Å²) in [5, 5.41) is 50.0. The van der Waals surface area contributed by atoms with Crippen molar-refractivity contribution in [3.8, 4) is 5.75 Å². The molecule has 1 aliphatic carbocycles. The number of Topliss-reactive ketones (excluding diaryl/α,β-unsaturated/α-hetero) is 2. The monoisotopic (exact) mass is 1240 g/mol. The molecule has 16 atom stereocenters. The maximum Gasteiger partial charge on any atom is 0.329 e. The number of fused-ring (bicyclic) bond motifs is 3. The summed E-state index contributed by atoms with van der Waals surface area (Å²) in [6, 6.07) is 12.9. The number of sulfonamides is 1. The van der Waals surface area contributed by atoms with E-state index in [0.717, 1.165) is 16.0 Å². The number of allylic oxidation sites excluding steroid dienone is 4. The Kier molecular flexibility index (Phi) is 26.5. The number of carbonyl (C=O) groups is 5. The number of ketones is 2. The van der Waals surface area contributed by atoms with Gasteiger partial charge in [-0.3, -0.25) is 19.2 Å². The molecule has 20 nitrogen and oxygen atoms in total. The highest BCUT2D eigenvalue weighted by Crippen LogP contribution is 2.40. The lowest BCUT2D eigenvalue weighted by Gasteiger charge is -2.47. The minimum absolute atomic E-state index is 0.00125. The van der Waals surface area contributed by atoms with Crippen molar-refractivity contribution >= 4 is 39.4 Å². The lowest BCUT2D eigenvalue weighted by atomic mass is 9.81. The number of hydrogen-bond acceptors (Lipinski definition) is 17. The molecule has 3 heterocycles. The number of esters is 1. The molecular weight excluding hydrogens is 1140 g/mol. The van der Waals surface area contributed by atoms with Crippen LogP contribution in [0.3, 0.4) is 0 Å². The molecule has 0 spiro atoms. The number of hydrogen-bond donors (Lipinski definition) is 5. The predicted octanol–water partition coefficient (Wildman–Crippen LogP) is 6.45. The molecule has 1 saturated carbocycles. The lowest BCUT2D eigenvalue weighted by molar-refractivity contribution is -0.302. The summed E-state index contributed by atoms with van der Waals surface area (Å²) in [6.07, 6.45) is 2.42. The van der Waals surface area contributed by atoms with Gasteiger partial charge in [0.1, 0.15) is 29.8 Å². The van der Waals surface area contributed by atoms with E-state index in [1.807, 2.05) is 64.1 Å². The van der Waals surface area contributed by atoms with Crippen molar-refractivity contribution in [1.29, 1.82) is 0 Å². The summed E-state index contributed by atoms with van der Waals surface area (Å²) in [4.78, 5) is 73.9. The van der Waals surface area contributed by atoms with Gasteiger partial charge in [-0.05, 0) is 144 Å². The molecule has 2 aromatic rings. The summed E-state index contributed by atoms with van der Waals surface area (Å²) in [5.74, 6) is -9.40. The van der Waals surface area contributed by atoms with Crippen molar-refractivity contribution in [2.75, 3.05) is 48.1 Å². The van der Waals surface area contributed by atoms with Crippen LogP contribution < -0.4 is 10.1 Å². The number of nitrogens with one attached hydrogen (secondary N) is 1. The molecule has 3 fully saturated rings. The number of benzene rings is 2. The van der Waals surface area contributed by atoms with Crippen LogP contribution in [0.2, 0.25) is 0 Å². The van der Waals surface area contributed by atoms with E-state index in [2.05, 4.69) is 5.32 Å². The van der Waals surface area contributed by atoms with Crippen LogP contribution in [0.1, 0.15) is 125 Å². The van der Waals surface area contributed by atoms with E-state index in [-0.39, 0.29) is 73.8 Å². The second-order valence-corrected chi connectivity index (χ2v) is 27.1. The normalized spacial score (nSPS) is 32.0. The lowest BCUT2D eigenvalue weighted by Crippen LogP contribution is -2.64. The number of rotatable bonds is 19. The standard InChI is InChI=1S/C66H97N3O17S/c1-40(2)38-68(87(79,80)50-26-24-49(81-8)25-27-50)39-56(73)51(35-46-18-13-12-14-19-46)67-60(74)22-17-20-48-31-41(3)30-42(4)32-58(83-10)62-59(84-11)34-44(6)66(78,86-62)63(75)64(76)69-29-16-15-21-52(69)65(77)85-61(45(7)54(71)37-55(48)72)43(5)33-47-23-28-53(70)57(36-47)82-9/h12-14,17-19,22,24-27,31,33,40,42,44-45,47-48,51-54,56-59,61-62,70-71,73,78H,15-16,20-21,23,28-30,32,34-39H2,1-11H3,(H,67,74)/b22-17+,41-31-,43-33+/t42-,44-,45-,47+,48+,51+,52?,53-,54+,56-,57-,58-,59+,61-,62+,66-/m1/s1. The summed E-state index contributed by atoms with van der Waals surface area (Å²) >= 11 is 0. The fraction of sp³-hybridized carbons (Fsp3) is 0.652. The Morgan fingerprint density at radius 2 is 1.53 bits per heavy atom. The summed E-state index contributed by atoms with van der Waals surface area (Å²) < 4.78 is 64.9. The molecule has 0 aromatic heterocycles. The zero-order valence-electron chi connectivity index (χ0n) is 52.7. The first-order valence-electron chi connectivity index (χ1n) is 30.9. The fourth-order valence-electron chi connectivity index (χ4n) is 12.9. The van der Waals surface area contributed by atoms with E-state index < -0.39 is 124 Å². The summed E-state index contributed by atoms with van der Waals surface area (Å²) in [5.41, 5.74) is 2.13. The minimum Gasteiger partial charge on any atom is -0.497 e. The molecule has 6 rings (SSSR count). The van der Waals surface area contributed by atoms with Crippen LogP contribution in [-0.4, -0.2) is 182 Å². The first-order valence-corrected chi connectivity index (χ1v) is 32.3.